The number of hydrogen-bond acceptors (Lipinski definition) is 7. The summed E-state index contributed by atoms with van der Waals surface area (Å²) in [7, 11) is 0. The molecule has 0 fully saturated rings. The van der Waals surface area contributed by atoms with Gasteiger partial charge in [-0.3, -0.25) is 10.1 Å². The minimum Gasteiger partial charge on any atom is -0.452 e. The van der Waals surface area contributed by atoms with Gasteiger partial charge in [-0.15, -0.1) is 10.2 Å². The molecular weight excluding hydrogens is 326 g/mol. The van der Waals surface area contributed by atoms with Crippen LogP contribution < -0.4 is 0 Å². The smallest absolute Gasteiger partial charge is 0.338 e. The fourth-order valence-electron chi connectivity index (χ4n) is 2.14. The van der Waals surface area contributed by atoms with E-state index in [2.05, 4.69) is 10.2 Å². The Bertz CT molecular complexity index is 918. The monoisotopic (exact) mass is 339 g/mol. The Labute approximate surface area is 142 Å². The Morgan fingerprint density at radius 2 is 1.96 bits per heavy atom. The molecule has 0 atom stereocenters. The van der Waals surface area contributed by atoms with Gasteiger partial charge >= 0.3 is 5.97 Å². The van der Waals surface area contributed by atoms with E-state index in [4.69, 9.17) is 9.15 Å². The van der Waals surface area contributed by atoms with E-state index in [1.807, 2.05) is 13.0 Å². The van der Waals surface area contributed by atoms with Crippen LogP contribution in [-0.4, -0.2) is 21.1 Å². The summed E-state index contributed by atoms with van der Waals surface area (Å²) in [6, 6.07) is 12.7. The molecule has 1 aromatic heterocycles. The van der Waals surface area contributed by atoms with Crippen molar-refractivity contribution < 1.29 is 18.9 Å². The minimum atomic E-state index is -0.492. The number of carbonyl (C=O) groups excluding carboxylic acids is 1. The number of esters is 1. The fraction of sp³-hybridized carbons (Fsp3) is 0.118. The first kappa shape index (κ1) is 16.3. The van der Waals surface area contributed by atoms with E-state index in [0.717, 1.165) is 5.56 Å². The van der Waals surface area contributed by atoms with Crippen LogP contribution in [0.15, 0.2) is 52.9 Å². The molecule has 0 radical (unpaired) electrons. The maximum atomic E-state index is 12.0. The predicted octanol–water partition coefficient (Wildman–Crippen LogP) is 3.31. The van der Waals surface area contributed by atoms with Crippen LogP contribution >= 0.6 is 0 Å². The van der Waals surface area contributed by atoms with Crippen molar-refractivity contribution in [1.29, 1.82) is 0 Å². The zero-order valence-electron chi connectivity index (χ0n) is 13.2. The molecule has 25 heavy (non-hydrogen) atoms. The zero-order chi connectivity index (χ0) is 17.8. The molecule has 0 saturated carbocycles. The molecule has 126 valence electrons. The highest BCUT2D eigenvalue weighted by Crippen LogP contribution is 2.21. The van der Waals surface area contributed by atoms with Gasteiger partial charge in [-0.05, 0) is 31.2 Å². The molecule has 8 heteroatoms. The molecule has 3 rings (SSSR count). The highest BCUT2D eigenvalue weighted by Gasteiger charge is 2.13. The molecule has 0 N–H and O–H groups in total. The number of nitro benzene ring substituents is 1. The van der Waals surface area contributed by atoms with E-state index in [1.54, 1.807) is 18.2 Å². The Balaban J connectivity index is 1.65. The van der Waals surface area contributed by atoms with Crippen molar-refractivity contribution in [2.75, 3.05) is 0 Å². The van der Waals surface area contributed by atoms with Gasteiger partial charge in [0, 0.05) is 17.7 Å². The normalized spacial score (nSPS) is 10.4. The van der Waals surface area contributed by atoms with E-state index in [9.17, 15) is 14.9 Å². The Morgan fingerprint density at radius 1 is 1.20 bits per heavy atom. The van der Waals surface area contributed by atoms with Crippen molar-refractivity contribution in [3.8, 4) is 11.5 Å². The van der Waals surface area contributed by atoms with Crippen molar-refractivity contribution in [3.63, 3.8) is 0 Å². The molecule has 8 nitrogen and oxygen atoms in total. The van der Waals surface area contributed by atoms with Gasteiger partial charge in [-0.25, -0.2) is 4.79 Å². The van der Waals surface area contributed by atoms with Gasteiger partial charge in [0.15, 0.2) is 6.61 Å². The number of nitrogens with zero attached hydrogens (tertiary/aromatic N) is 3. The Morgan fingerprint density at radius 3 is 2.64 bits per heavy atom. The standard InChI is InChI=1S/C17H13N3O5/c1-11-3-2-4-13(9-11)17(21)24-10-15-18-19-16(25-15)12-5-7-14(8-6-12)20(22)23/h2-9H,10H2,1H3. The van der Waals surface area contributed by atoms with Crippen LogP contribution in [0.3, 0.4) is 0 Å². The number of nitro groups is 1. The molecule has 0 amide bonds. The Hall–Kier alpha value is -3.55. The van der Waals surface area contributed by atoms with Crippen LogP contribution in [0.5, 0.6) is 0 Å². The summed E-state index contributed by atoms with van der Waals surface area (Å²) in [6.07, 6.45) is 0. The molecule has 0 unspecified atom stereocenters. The van der Waals surface area contributed by atoms with E-state index < -0.39 is 10.9 Å². The van der Waals surface area contributed by atoms with E-state index >= 15 is 0 Å². The van der Waals surface area contributed by atoms with Gasteiger partial charge in [-0.1, -0.05) is 17.7 Å². The number of aromatic nitrogens is 2. The number of benzene rings is 2. The average molecular weight is 339 g/mol. The maximum absolute atomic E-state index is 12.0. The largest absolute Gasteiger partial charge is 0.452 e. The van der Waals surface area contributed by atoms with Crippen LogP contribution in [0, 0.1) is 17.0 Å². The van der Waals surface area contributed by atoms with Gasteiger partial charge in [0.2, 0.25) is 5.89 Å². The van der Waals surface area contributed by atoms with E-state index in [0.29, 0.717) is 11.1 Å². The molecule has 0 bridgehead atoms. The van der Waals surface area contributed by atoms with Gasteiger partial charge in [0.25, 0.3) is 11.6 Å². The summed E-state index contributed by atoms with van der Waals surface area (Å²) < 4.78 is 10.6. The topological polar surface area (TPSA) is 108 Å². The SMILES string of the molecule is Cc1cccc(C(=O)OCc2nnc(-c3ccc([N+](=O)[O-])cc3)o2)c1. The van der Waals surface area contributed by atoms with Crippen LogP contribution in [0.1, 0.15) is 21.8 Å². The molecular formula is C17H13N3O5. The molecule has 0 spiro atoms. The molecule has 3 aromatic rings. The number of aryl methyl sites for hydroxylation is 1. The van der Waals surface area contributed by atoms with Gasteiger partial charge in [0.05, 0.1) is 10.5 Å². The molecule has 0 aliphatic carbocycles. The van der Waals surface area contributed by atoms with Crippen molar-refractivity contribution in [2.45, 2.75) is 13.5 Å². The maximum Gasteiger partial charge on any atom is 0.338 e. The quantitative estimate of drug-likeness (QED) is 0.398. The highest BCUT2D eigenvalue weighted by molar-refractivity contribution is 5.89. The van der Waals surface area contributed by atoms with Crippen LogP contribution in [0.2, 0.25) is 0 Å². The second-order valence-electron chi connectivity index (χ2n) is 5.25. The second kappa shape index (κ2) is 6.91. The summed E-state index contributed by atoms with van der Waals surface area (Å²) in [6.45, 7) is 1.72. The number of hydrogen-bond donors (Lipinski definition) is 0. The van der Waals surface area contributed by atoms with E-state index in [-0.39, 0.29) is 24.1 Å². The van der Waals surface area contributed by atoms with Crippen molar-refractivity contribution in [2.24, 2.45) is 0 Å². The average Bonchev–Trinajstić information content (AvgIpc) is 3.08. The van der Waals surface area contributed by atoms with Crippen molar-refractivity contribution in [1.82, 2.24) is 10.2 Å². The fourth-order valence-corrected chi connectivity index (χ4v) is 2.14. The van der Waals surface area contributed by atoms with Crippen molar-refractivity contribution >= 4 is 11.7 Å². The number of ether oxygens (including phenoxy) is 1. The lowest BCUT2D eigenvalue weighted by molar-refractivity contribution is -0.384. The van der Waals surface area contributed by atoms with Gasteiger partial charge in [-0.2, -0.15) is 0 Å². The Kier molecular flexibility index (Phi) is 4.51. The first-order valence-corrected chi connectivity index (χ1v) is 7.34. The third kappa shape index (κ3) is 3.86. The minimum absolute atomic E-state index is 0.0319. The number of rotatable bonds is 5. The van der Waals surface area contributed by atoms with Crippen LogP contribution in [0.4, 0.5) is 5.69 Å². The lowest BCUT2D eigenvalue weighted by Crippen LogP contribution is -2.05. The van der Waals surface area contributed by atoms with Crippen molar-refractivity contribution in [3.05, 3.63) is 75.7 Å². The molecule has 0 saturated heterocycles. The third-order valence-electron chi connectivity index (χ3n) is 3.37. The summed E-state index contributed by atoms with van der Waals surface area (Å²) in [4.78, 5) is 22.1. The molecule has 2 aromatic carbocycles. The predicted molar refractivity (Wildman–Crippen MR) is 86.7 cm³/mol. The van der Waals surface area contributed by atoms with Crippen LogP contribution in [0.25, 0.3) is 11.5 Å². The highest BCUT2D eigenvalue weighted by atomic mass is 16.6. The zero-order valence-corrected chi connectivity index (χ0v) is 13.2. The third-order valence-corrected chi connectivity index (χ3v) is 3.37. The summed E-state index contributed by atoms with van der Waals surface area (Å²) >= 11 is 0. The van der Waals surface area contributed by atoms with E-state index in [1.165, 1.54) is 24.3 Å². The lowest BCUT2D eigenvalue weighted by Gasteiger charge is -2.02. The number of non-ortho nitro benzene ring substituents is 1. The van der Waals surface area contributed by atoms with Crippen LogP contribution in [-0.2, 0) is 11.3 Å². The lowest BCUT2D eigenvalue weighted by atomic mass is 10.1. The van der Waals surface area contributed by atoms with Gasteiger partial charge < -0.3 is 9.15 Å². The molecule has 1 heterocycles. The molecule has 0 aliphatic heterocycles. The molecule has 0 aliphatic rings. The number of carbonyl (C=O) groups is 1. The first-order valence-electron chi connectivity index (χ1n) is 7.34. The second-order valence-corrected chi connectivity index (χ2v) is 5.25. The van der Waals surface area contributed by atoms with Gasteiger partial charge in [0.1, 0.15) is 0 Å². The summed E-state index contributed by atoms with van der Waals surface area (Å²) in [5, 5.41) is 18.3. The summed E-state index contributed by atoms with van der Waals surface area (Å²) in [5.74, 6) is -0.162. The first-order chi connectivity index (χ1) is 12.0. The summed E-state index contributed by atoms with van der Waals surface area (Å²) in [5.41, 5.74) is 1.90.